The van der Waals surface area contributed by atoms with Gasteiger partial charge in [0, 0.05) is 0 Å². The SMILES string of the molecule is OC(CCc1ccc(F)cc1)C(F)(F)F. The maximum atomic E-state index is 12.4. The highest BCUT2D eigenvalue weighted by molar-refractivity contribution is 5.16. The van der Waals surface area contributed by atoms with Gasteiger partial charge in [-0.05, 0) is 30.5 Å². The molecule has 0 bridgehead atoms. The lowest BCUT2D eigenvalue weighted by Gasteiger charge is -2.13. The third kappa shape index (κ3) is 3.87. The molecule has 0 saturated heterocycles. The first-order chi connectivity index (χ1) is 6.89. The molecule has 0 saturated carbocycles. The number of alkyl halides is 3. The summed E-state index contributed by atoms with van der Waals surface area (Å²) >= 11 is 0. The van der Waals surface area contributed by atoms with Crippen LogP contribution < -0.4 is 0 Å². The van der Waals surface area contributed by atoms with Crippen LogP contribution in [0.4, 0.5) is 17.6 Å². The fraction of sp³-hybridized carbons (Fsp3) is 0.400. The predicted molar refractivity (Wildman–Crippen MR) is 46.8 cm³/mol. The number of halogens is 4. The van der Waals surface area contributed by atoms with Crippen LogP contribution in [0.25, 0.3) is 0 Å². The van der Waals surface area contributed by atoms with Crippen LogP contribution in [0.1, 0.15) is 12.0 Å². The molecule has 1 N–H and O–H groups in total. The van der Waals surface area contributed by atoms with Crippen LogP contribution in [0.3, 0.4) is 0 Å². The Hall–Kier alpha value is -1.10. The first kappa shape index (κ1) is 12.0. The lowest BCUT2D eigenvalue weighted by Crippen LogP contribution is -2.28. The molecule has 0 aliphatic heterocycles. The molecule has 1 rings (SSSR count). The van der Waals surface area contributed by atoms with Crippen molar-refractivity contribution < 1.29 is 22.7 Å². The van der Waals surface area contributed by atoms with Crippen LogP contribution in [0, 0.1) is 5.82 Å². The van der Waals surface area contributed by atoms with E-state index >= 15 is 0 Å². The molecule has 0 aliphatic rings. The molecule has 5 heteroatoms. The monoisotopic (exact) mass is 222 g/mol. The second kappa shape index (κ2) is 4.61. The van der Waals surface area contributed by atoms with Crippen molar-refractivity contribution in [3.63, 3.8) is 0 Å². The van der Waals surface area contributed by atoms with Gasteiger partial charge in [-0.15, -0.1) is 0 Å². The Morgan fingerprint density at radius 2 is 1.67 bits per heavy atom. The Kier molecular flexibility index (Phi) is 3.68. The Balaban J connectivity index is 2.47. The standard InChI is InChI=1S/C10H10F4O/c11-8-4-1-7(2-5-8)3-6-9(15)10(12,13)14/h1-2,4-5,9,15H,3,6H2. The van der Waals surface area contributed by atoms with Crippen LogP contribution in [0.5, 0.6) is 0 Å². The molecule has 84 valence electrons. The molecule has 0 amide bonds. The molecule has 1 unspecified atom stereocenters. The fourth-order valence-electron chi connectivity index (χ4n) is 1.12. The van der Waals surface area contributed by atoms with Crippen molar-refractivity contribution in [1.82, 2.24) is 0 Å². The normalized spacial score (nSPS) is 13.9. The van der Waals surface area contributed by atoms with E-state index in [4.69, 9.17) is 5.11 Å². The van der Waals surface area contributed by atoms with E-state index in [0.29, 0.717) is 5.56 Å². The number of rotatable bonds is 3. The summed E-state index contributed by atoms with van der Waals surface area (Å²) in [5.41, 5.74) is 0.569. The largest absolute Gasteiger partial charge is 0.414 e. The molecule has 15 heavy (non-hydrogen) atoms. The minimum absolute atomic E-state index is 0.0704. The van der Waals surface area contributed by atoms with Crippen molar-refractivity contribution in [2.45, 2.75) is 25.1 Å². The van der Waals surface area contributed by atoms with Gasteiger partial charge in [0.05, 0.1) is 0 Å². The van der Waals surface area contributed by atoms with Gasteiger partial charge in [0.25, 0.3) is 0 Å². The van der Waals surface area contributed by atoms with Crippen LogP contribution in [0.15, 0.2) is 24.3 Å². The van der Waals surface area contributed by atoms with Gasteiger partial charge in [0.1, 0.15) is 11.9 Å². The third-order valence-corrected chi connectivity index (χ3v) is 2.00. The van der Waals surface area contributed by atoms with E-state index in [1.165, 1.54) is 24.3 Å². The van der Waals surface area contributed by atoms with E-state index in [1.54, 1.807) is 0 Å². The van der Waals surface area contributed by atoms with Crippen LogP contribution >= 0.6 is 0 Å². The summed E-state index contributed by atoms with van der Waals surface area (Å²) in [5, 5.41) is 8.70. The van der Waals surface area contributed by atoms with Crippen molar-refractivity contribution in [2.24, 2.45) is 0 Å². The maximum Gasteiger partial charge on any atom is 0.414 e. The van der Waals surface area contributed by atoms with Crippen LogP contribution in [-0.2, 0) is 6.42 Å². The Labute approximate surface area is 84.3 Å². The molecular weight excluding hydrogens is 212 g/mol. The smallest absolute Gasteiger partial charge is 0.384 e. The first-order valence-electron chi connectivity index (χ1n) is 4.39. The molecule has 0 radical (unpaired) electrons. The number of benzene rings is 1. The van der Waals surface area contributed by atoms with E-state index < -0.39 is 24.5 Å². The van der Waals surface area contributed by atoms with Gasteiger partial charge in [-0.3, -0.25) is 0 Å². The topological polar surface area (TPSA) is 20.2 Å². The van der Waals surface area contributed by atoms with Crippen molar-refractivity contribution in [1.29, 1.82) is 0 Å². The molecule has 0 spiro atoms. The van der Waals surface area contributed by atoms with Crippen molar-refractivity contribution in [2.75, 3.05) is 0 Å². The zero-order chi connectivity index (χ0) is 11.5. The van der Waals surface area contributed by atoms with Crippen LogP contribution in [-0.4, -0.2) is 17.4 Å². The Morgan fingerprint density at radius 3 is 2.13 bits per heavy atom. The average molecular weight is 222 g/mol. The van der Waals surface area contributed by atoms with E-state index in [2.05, 4.69) is 0 Å². The summed E-state index contributed by atoms with van der Waals surface area (Å²) in [6.07, 6.45) is -7.24. The summed E-state index contributed by atoms with van der Waals surface area (Å²) < 4.78 is 48.2. The molecule has 1 atom stereocenters. The average Bonchev–Trinajstić information content (AvgIpc) is 2.15. The minimum Gasteiger partial charge on any atom is -0.384 e. The highest BCUT2D eigenvalue weighted by atomic mass is 19.4. The van der Waals surface area contributed by atoms with Gasteiger partial charge in [0.15, 0.2) is 0 Å². The highest BCUT2D eigenvalue weighted by Gasteiger charge is 2.37. The molecular formula is C10H10F4O. The molecule has 0 aromatic heterocycles. The fourth-order valence-corrected chi connectivity index (χ4v) is 1.12. The summed E-state index contributed by atoms with van der Waals surface area (Å²) in [6.45, 7) is 0. The van der Waals surface area contributed by atoms with Gasteiger partial charge < -0.3 is 5.11 Å². The highest BCUT2D eigenvalue weighted by Crippen LogP contribution is 2.23. The van der Waals surface area contributed by atoms with Gasteiger partial charge in [-0.2, -0.15) is 13.2 Å². The van der Waals surface area contributed by atoms with Gasteiger partial charge in [0.2, 0.25) is 0 Å². The molecule has 1 aromatic rings. The number of aryl methyl sites for hydroxylation is 1. The van der Waals surface area contributed by atoms with Gasteiger partial charge in [-0.1, -0.05) is 12.1 Å². The van der Waals surface area contributed by atoms with E-state index in [-0.39, 0.29) is 6.42 Å². The third-order valence-electron chi connectivity index (χ3n) is 2.00. The second-order valence-electron chi connectivity index (χ2n) is 3.22. The number of hydrogen-bond donors (Lipinski definition) is 1. The van der Waals surface area contributed by atoms with Crippen molar-refractivity contribution in [3.05, 3.63) is 35.6 Å². The number of aliphatic hydroxyl groups excluding tert-OH is 1. The maximum absolute atomic E-state index is 12.4. The zero-order valence-electron chi connectivity index (χ0n) is 7.76. The van der Waals surface area contributed by atoms with E-state index in [0.717, 1.165) is 0 Å². The van der Waals surface area contributed by atoms with E-state index in [9.17, 15) is 17.6 Å². The van der Waals surface area contributed by atoms with E-state index in [1.807, 2.05) is 0 Å². The quantitative estimate of drug-likeness (QED) is 0.779. The second-order valence-corrected chi connectivity index (χ2v) is 3.22. The predicted octanol–water partition coefficient (Wildman–Crippen LogP) is 2.68. The lowest BCUT2D eigenvalue weighted by atomic mass is 10.1. The number of hydrogen-bond acceptors (Lipinski definition) is 1. The van der Waals surface area contributed by atoms with Gasteiger partial charge >= 0.3 is 6.18 Å². The Bertz CT molecular complexity index is 304. The molecule has 0 heterocycles. The summed E-state index contributed by atoms with van der Waals surface area (Å²) in [4.78, 5) is 0. The lowest BCUT2D eigenvalue weighted by molar-refractivity contribution is -0.205. The van der Waals surface area contributed by atoms with Crippen molar-refractivity contribution >= 4 is 0 Å². The molecule has 0 aliphatic carbocycles. The summed E-state index contributed by atoms with van der Waals surface area (Å²) in [7, 11) is 0. The molecule has 1 nitrogen and oxygen atoms in total. The Morgan fingerprint density at radius 1 is 1.13 bits per heavy atom. The van der Waals surface area contributed by atoms with Gasteiger partial charge in [-0.25, -0.2) is 4.39 Å². The van der Waals surface area contributed by atoms with Crippen LogP contribution in [0.2, 0.25) is 0 Å². The minimum atomic E-state index is -4.58. The molecule has 1 aromatic carbocycles. The zero-order valence-corrected chi connectivity index (χ0v) is 7.76. The number of aliphatic hydroxyl groups is 1. The first-order valence-corrected chi connectivity index (χ1v) is 4.39. The molecule has 0 fully saturated rings. The van der Waals surface area contributed by atoms with Crippen molar-refractivity contribution in [3.8, 4) is 0 Å². The summed E-state index contributed by atoms with van der Waals surface area (Å²) in [6, 6.07) is 5.15. The summed E-state index contributed by atoms with van der Waals surface area (Å²) in [5.74, 6) is -0.435.